The molecule has 0 aliphatic heterocycles. The summed E-state index contributed by atoms with van der Waals surface area (Å²) in [4.78, 5) is 20.7. The van der Waals surface area contributed by atoms with E-state index in [2.05, 4.69) is 27.6 Å². The number of aromatic carboxylic acids is 1. The fourth-order valence-corrected chi connectivity index (χ4v) is 4.06. The van der Waals surface area contributed by atoms with E-state index < -0.39 is 5.97 Å². The van der Waals surface area contributed by atoms with Crippen LogP contribution in [0.3, 0.4) is 0 Å². The quantitative estimate of drug-likeness (QED) is 0.612. The van der Waals surface area contributed by atoms with E-state index in [1.54, 1.807) is 29.8 Å². The first kappa shape index (κ1) is 17.4. The Morgan fingerprint density at radius 3 is 2.88 bits per heavy atom. The number of carboxylic acids is 1. The maximum atomic E-state index is 11.0. The summed E-state index contributed by atoms with van der Waals surface area (Å²) in [5.74, 6) is -0.276. The number of aryl methyl sites for hydroxylation is 1. The number of anilines is 1. The van der Waals surface area contributed by atoms with Gasteiger partial charge in [-0.2, -0.15) is 0 Å². The summed E-state index contributed by atoms with van der Waals surface area (Å²) >= 11 is 1.62. The second-order valence-corrected chi connectivity index (χ2v) is 6.70. The average Bonchev–Trinajstić information content (AvgIpc) is 3.10. The van der Waals surface area contributed by atoms with Crippen LogP contribution < -0.4 is 40.0 Å². The van der Waals surface area contributed by atoms with Gasteiger partial charge in [0, 0.05) is 6.04 Å². The largest absolute Gasteiger partial charge is 1.00 e. The number of benzene rings is 1. The van der Waals surface area contributed by atoms with Gasteiger partial charge in [-0.05, 0) is 53.5 Å². The molecule has 1 aliphatic carbocycles. The monoisotopic (exact) mass is 347 g/mol. The van der Waals surface area contributed by atoms with Crippen LogP contribution in [0.25, 0.3) is 10.2 Å². The number of rotatable bonds is 3. The Morgan fingerprint density at radius 1 is 1.29 bits per heavy atom. The first-order valence-corrected chi connectivity index (χ1v) is 8.28. The minimum atomic E-state index is -1.13. The molecule has 5 nitrogen and oxygen atoms in total. The number of thiophene rings is 1. The Hall–Kier alpha value is -1.47. The molecule has 4 rings (SSSR count). The van der Waals surface area contributed by atoms with Crippen molar-refractivity contribution in [2.24, 2.45) is 0 Å². The van der Waals surface area contributed by atoms with Crippen molar-refractivity contribution < 1.29 is 39.5 Å². The molecule has 116 valence electrons. The number of hydrogen-bond acceptors (Lipinski definition) is 6. The average molecular weight is 347 g/mol. The van der Waals surface area contributed by atoms with Crippen molar-refractivity contribution in [3.05, 3.63) is 52.2 Å². The van der Waals surface area contributed by atoms with E-state index in [-0.39, 0.29) is 41.2 Å². The fraction of sp³-hybridized carbons (Fsp3) is 0.235. The standard InChI is InChI=1S/C17H15N3O2S.Na/c1-9-7-23-16-14(9)15(18-8-19-16)20-13-5-10-2-3-11(17(21)22)4-12(10)6-13;/h2-4,7-8,13H,5-6H2,1H3,(H,21,22)(H,18,19,20);/q;+1/p-1. The van der Waals surface area contributed by atoms with Crippen LogP contribution in [0.1, 0.15) is 27.0 Å². The van der Waals surface area contributed by atoms with Gasteiger partial charge in [0.15, 0.2) is 0 Å². The van der Waals surface area contributed by atoms with Crippen molar-refractivity contribution >= 4 is 33.3 Å². The second kappa shape index (κ2) is 6.80. The van der Waals surface area contributed by atoms with E-state index in [0.717, 1.165) is 34.4 Å². The van der Waals surface area contributed by atoms with Gasteiger partial charge in [0.2, 0.25) is 0 Å². The number of fused-ring (bicyclic) bond motifs is 2. The van der Waals surface area contributed by atoms with E-state index in [1.807, 2.05) is 6.07 Å². The Morgan fingerprint density at radius 2 is 2.08 bits per heavy atom. The van der Waals surface area contributed by atoms with Crippen LogP contribution in [0.4, 0.5) is 5.82 Å². The minimum Gasteiger partial charge on any atom is -0.545 e. The van der Waals surface area contributed by atoms with Crippen molar-refractivity contribution in [2.75, 3.05) is 5.32 Å². The Balaban J connectivity index is 0.00000169. The smallest absolute Gasteiger partial charge is 0.545 e. The van der Waals surface area contributed by atoms with Gasteiger partial charge in [-0.1, -0.05) is 12.1 Å². The maximum absolute atomic E-state index is 11.0. The maximum Gasteiger partial charge on any atom is 1.00 e. The molecule has 0 saturated heterocycles. The zero-order valence-electron chi connectivity index (χ0n) is 13.5. The van der Waals surface area contributed by atoms with Crippen LogP contribution in [-0.4, -0.2) is 22.0 Å². The molecule has 1 atom stereocenters. The zero-order chi connectivity index (χ0) is 16.0. The summed E-state index contributed by atoms with van der Waals surface area (Å²) in [5, 5.41) is 17.6. The molecule has 24 heavy (non-hydrogen) atoms. The topological polar surface area (TPSA) is 77.9 Å². The molecule has 0 amide bonds. The third-order valence-corrected chi connectivity index (χ3v) is 5.27. The van der Waals surface area contributed by atoms with Crippen molar-refractivity contribution in [3.63, 3.8) is 0 Å². The molecule has 1 unspecified atom stereocenters. The Kier molecular flexibility index (Phi) is 4.92. The number of nitrogens with one attached hydrogen (secondary N) is 1. The number of carbonyl (C=O) groups is 1. The summed E-state index contributed by atoms with van der Waals surface area (Å²) < 4.78 is 0. The molecule has 0 radical (unpaired) electrons. The normalized spacial score (nSPS) is 15.8. The summed E-state index contributed by atoms with van der Waals surface area (Å²) in [5.41, 5.74) is 3.65. The van der Waals surface area contributed by atoms with Gasteiger partial charge in [0.05, 0.1) is 11.4 Å². The number of hydrogen-bond donors (Lipinski definition) is 1. The predicted molar refractivity (Wildman–Crippen MR) is 87.7 cm³/mol. The molecule has 3 aromatic rings. The van der Waals surface area contributed by atoms with Crippen LogP contribution in [0.2, 0.25) is 0 Å². The van der Waals surface area contributed by atoms with Gasteiger partial charge in [-0.15, -0.1) is 11.3 Å². The number of carboxylic acid groups (broad SMARTS) is 1. The van der Waals surface area contributed by atoms with E-state index in [1.165, 1.54) is 11.1 Å². The van der Waals surface area contributed by atoms with Crippen molar-refractivity contribution in [2.45, 2.75) is 25.8 Å². The van der Waals surface area contributed by atoms with E-state index in [0.29, 0.717) is 0 Å². The van der Waals surface area contributed by atoms with Gasteiger partial charge >= 0.3 is 29.6 Å². The predicted octanol–water partition coefficient (Wildman–Crippen LogP) is -1.05. The molecule has 0 saturated carbocycles. The van der Waals surface area contributed by atoms with Crippen LogP contribution >= 0.6 is 11.3 Å². The molecule has 0 spiro atoms. The zero-order valence-corrected chi connectivity index (χ0v) is 16.3. The molecular formula is C17H14N3NaO2S. The van der Waals surface area contributed by atoms with E-state index in [4.69, 9.17) is 0 Å². The van der Waals surface area contributed by atoms with Crippen molar-refractivity contribution in [1.29, 1.82) is 0 Å². The molecule has 1 aliphatic rings. The van der Waals surface area contributed by atoms with E-state index >= 15 is 0 Å². The minimum absolute atomic E-state index is 0. The third-order valence-electron chi connectivity index (χ3n) is 4.27. The first-order valence-electron chi connectivity index (χ1n) is 7.40. The van der Waals surface area contributed by atoms with Gasteiger partial charge in [0.1, 0.15) is 17.0 Å². The third kappa shape index (κ3) is 3.07. The van der Waals surface area contributed by atoms with Gasteiger partial charge in [0.25, 0.3) is 0 Å². The number of nitrogens with zero attached hydrogens (tertiary/aromatic N) is 2. The molecule has 1 aromatic carbocycles. The Bertz CT molecular complexity index is 925. The van der Waals surface area contributed by atoms with Crippen molar-refractivity contribution in [1.82, 2.24) is 9.97 Å². The summed E-state index contributed by atoms with van der Waals surface area (Å²) in [6.07, 6.45) is 3.22. The molecule has 0 bridgehead atoms. The number of carbonyl (C=O) groups excluding carboxylic acids is 1. The second-order valence-electron chi connectivity index (χ2n) is 5.84. The molecule has 2 aromatic heterocycles. The van der Waals surface area contributed by atoms with Crippen LogP contribution in [0.15, 0.2) is 29.9 Å². The van der Waals surface area contributed by atoms with Crippen LogP contribution in [0, 0.1) is 6.92 Å². The van der Waals surface area contributed by atoms with Gasteiger partial charge in [-0.3, -0.25) is 0 Å². The van der Waals surface area contributed by atoms with Crippen LogP contribution in [-0.2, 0) is 12.8 Å². The molecule has 2 heterocycles. The SMILES string of the molecule is Cc1csc2ncnc(NC3Cc4ccc(C(=O)[O-])cc4C3)c12.[Na+]. The Labute approximate surface area is 165 Å². The summed E-state index contributed by atoms with van der Waals surface area (Å²) in [6, 6.07) is 5.42. The summed E-state index contributed by atoms with van der Waals surface area (Å²) in [6.45, 7) is 2.06. The number of aromatic nitrogens is 2. The van der Waals surface area contributed by atoms with Gasteiger partial charge in [-0.25, -0.2) is 9.97 Å². The molecular weight excluding hydrogens is 333 g/mol. The van der Waals surface area contributed by atoms with Crippen molar-refractivity contribution in [3.8, 4) is 0 Å². The fourth-order valence-electron chi connectivity index (χ4n) is 3.17. The summed E-state index contributed by atoms with van der Waals surface area (Å²) in [7, 11) is 0. The van der Waals surface area contributed by atoms with Gasteiger partial charge < -0.3 is 15.2 Å². The molecule has 0 fully saturated rings. The van der Waals surface area contributed by atoms with Crippen LogP contribution in [0.5, 0.6) is 0 Å². The molecule has 1 N–H and O–H groups in total. The van der Waals surface area contributed by atoms with E-state index in [9.17, 15) is 9.90 Å². The first-order chi connectivity index (χ1) is 11.1. The molecule has 7 heteroatoms.